The highest BCUT2D eigenvalue weighted by Gasteiger charge is 2.25. The van der Waals surface area contributed by atoms with Crippen molar-refractivity contribution < 1.29 is 9.47 Å². The molecule has 2 aromatic carbocycles. The zero-order valence-electron chi connectivity index (χ0n) is 15.7. The van der Waals surface area contributed by atoms with Gasteiger partial charge in [-0.15, -0.1) is 0 Å². The Balaban J connectivity index is 1.67. The summed E-state index contributed by atoms with van der Waals surface area (Å²) < 4.78 is 11.5. The topological polar surface area (TPSA) is 46.1 Å². The van der Waals surface area contributed by atoms with Crippen molar-refractivity contribution in [3.63, 3.8) is 0 Å². The molecule has 1 N–H and O–H groups in total. The molecule has 26 heavy (non-hydrogen) atoms. The molecule has 0 aromatic heterocycles. The monoisotopic (exact) mass is 353 g/mol. The van der Waals surface area contributed by atoms with Gasteiger partial charge in [-0.25, -0.2) is 0 Å². The lowest BCUT2D eigenvalue weighted by Crippen LogP contribution is -2.48. The number of rotatable bonds is 4. The number of aryl methyl sites for hydroxylation is 1. The molecule has 0 aliphatic carbocycles. The molecule has 1 unspecified atom stereocenters. The van der Waals surface area contributed by atoms with Gasteiger partial charge in [0, 0.05) is 25.7 Å². The van der Waals surface area contributed by atoms with Gasteiger partial charge in [-0.3, -0.25) is 4.99 Å². The van der Waals surface area contributed by atoms with Crippen LogP contribution in [0.1, 0.15) is 22.8 Å². The molecule has 3 rings (SSSR count). The van der Waals surface area contributed by atoms with Gasteiger partial charge in [0.05, 0.1) is 20.3 Å². The van der Waals surface area contributed by atoms with Crippen molar-refractivity contribution in [2.24, 2.45) is 4.99 Å². The highest BCUT2D eigenvalue weighted by atomic mass is 16.5. The molecular weight excluding hydrogens is 326 g/mol. The van der Waals surface area contributed by atoms with Crippen LogP contribution in [0.3, 0.4) is 0 Å². The molecule has 1 fully saturated rings. The van der Waals surface area contributed by atoms with Crippen molar-refractivity contribution >= 4 is 5.96 Å². The largest absolute Gasteiger partial charge is 0.496 e. The number of methoxy groups -OCH3 is 1. The first-order chi connectivity index (χ1) is 12.7. The Bertz CT molecular complexity index is 760. The van der Waals surface area contributed by atoms with Crippen molar-refractivity contribution in [3.05, 3.63) is 65.2 Å². The molecule has 1 aliphatic heterocycles. The first-order valence-corrected chi connectivity index (χ1v) is 8.97. The van der Waals surface area contributed by atoms with Gasteiger partial charge in [-0.2, -0.15) is 0 Å². The minimum absolute atomic E-state index is 0.0646. The van der Waals surface area contributed by atoms with Crippen LogP contribution in [0.2, 0.25) is 0 Å². The summed E-state index contributed by atoms with van der Waals surface area (Å²) in [6.07, 6.45) is 0.0646. The number of morpholine rings is 1. The smallest absolute Gasteiger partial charge is 0.194 e. The molecule has 0 amide bonds. The van der Waals surface area contributed by atoms with Gasteiger partial charge >= 0.3 is 0 Å². The summed E-state index contributed by atoms with van der Waals surface area (Å²) in [7, 11) is 3.52. The Morgan fingerprint density at radius 2 is 2.00 bits per heavy atom. The van der Waals surface area contributed by atoms with E-state index in [1.54, 1.807) is 7.11 Å². The zero-order chi connectivity index (χ0) is 18.4. The Morgan fingerprint density at radius 3 is 2.77 bits per heavy atom. The molecule has 5 heteroatoms. The van der Waals surface area contributed by atoms with Crippen molar-refractivity contribution in [3.8, 4) is 5.75 Å². The van der Waals surface area contributed by atoms with E-state index in [-0.39, 0.29) is 6.10 Å². The Kier molecular flexibility index (Phi) is 6.12. The van der Waals surface area contributed by atoms with Crippen molar-refractivity contribution in [2.75, 3.05) is 33.9 Å². The Hall–Kier alpha value is -2.53. The fourth-order valence-electron chi connectivity index (χ4n) is 3.33. The molecule has 1 aliphatic rings. The standard InChI is InChI=1S/C21H27N3O2/c1-16-8-4-6-10-18(16)20-15-24(12-13-26-20)21(22-2)23-14-17-9-5-7-11-19(17)25-3/h4-11,20H,12-15H2,1-3H3,(H,22,23). The lowest BCUT2D eigenvalue weighted by molar-refractivity contribution is -0.00834. The maximum absolute atomic E-state index is 6.02. The summed E-state index contributed by atoms with van der Waals surface area (Å²) >= 11 is 0. The molecule has 0 saturated carbocycles. The van der Waals surface area contributed by atoms with Crippen LogP contribution >= 0.6 is 0 Å². The SMILES string of the molecule is CN=C(NCc1ccccc1OC)N1CCOC(c2ccccc2C)C1. The maximum atomic E-state index is 6.02. The second-order valence-corrected chi connectivity index (χ2v) is 6.37. The third kappa shape index (κ3) is 4.17. The van der Waals surface area contributed by atoms with Gasteiger partial charge in [0.2, 0.25) is 0 Å². The summed E-state index contributed by atoms with van der Waals surface area (Å²) in [4.78, 5) is 6.73. The van der Waals surface area contributed by atoms with E-state index in [1.807, 2.05) is 25.2 Å². The summed E-state index contributed by atoms with van der Waals surface area (Å²) in [5.74, 6) is 1.77. The normalized spacial score (nSPS) is 17.9. The minimum Gasteiger partial charge on any atom is -0.496 e. The van der Waals surface area contributed by atoms with Gasteiger partial charge in [-0.05, 0) is 24.1 Å². The van der Waals surface area contributed by atoms with E-state index < -0.39 is 0 Å². The van der Waals surface area contributed by atoms with Crippen LogP contribution in [0.4, 0.5) is 0 Å². The van der Waals surface area contributed by atoms with E-state index in [4.69, 9.17) is 9.47 Å². The van der Waals surface area contributed by atoms with Crippen molar-refractivity contribution in [1.29, 1.82) is 0 Å². The zero-order valence-corrected chi connectivity index (χ0v) is 15.7. The fraction of sp³-hybridized carbons (Fsp3) is 0.381. The van der Waals surface area contributed by atoms with Gasteiger partial charge in [0.25, 0.3) is 0 Å². The lowest BCUT2D eigenvalue weighted by atomic mass is 10.0. The number of aliphatic imine (C=N–C) groups is 1. The fourth-order valence-corrected chi connectivity index (χ4v) is 3.33. The van der Waals surface area contributed by atoms with Gasteiger partial charge in [-0.1, -0.05) is 42.5 Å². The van der Waals surface area contributed by atoms with E-state index >= 15 is 0 Å². The molecule has 0 spiro atoms. The van der Waals surface area contributed by atoms with Crippen LogP contribution in [0.25, 0.3) is 0 Å². The number of guanidine groups is 1. The van der Waals surface area contributed by atoms with Crippen LogP contribution < -0.4 is 10.1 Å². The molecule has 1 heterocycles. The summed E-state index contributed by atoms with van der Waals surface area (Å²) in [5.41, 5.74) is 3.62. The molecule has 1 atom stereocenters. The van der Waals surface area contributed by atoms with Crippen LogP contribution in [-0.2, 0) is 11.3 Å². The van der Waals surface area contributed by atoms with Crippen molar-refractivity contribution in [2.45, 2.75) is 19.6 Å². The van der Waals surface area contributed by atoms with Gasteiger partial charge < -0.3 is 19.7 Å². The number of hydrogen-bond donors (Lipinski definition) is 1. The van der Waals surface area contributed by atoms with Gasteiger partial charge in [0.15, 0.2) is 5.96 Å². The first-order valence-electron chi connectivity index (χ1n) is 8.97. The molecule has 1 saturated heterocycles. The lowest BCUT2D eigenvalue weighted by Gasteiger charge is -2.35. The van der Waals surface area contributed by atoms with E-state index in [0.29, 0.717) is 13.2 Å². The van der Waals surface area contributed by atoms with Crippen LogP contribution in [0.15, 0.2) is 53.5 Å². The summed E-state index contributed by atoms with van der Waals surface area (Å²) in [5, 5.41) is 3.46. The maximum Gasteiger partial charge on any atom is 0.194 e. The predicted octanol–water partition coefficient (Wildman–Crippen LogP) is 3.15. The first kappa shape index (κ1) is 18.3. The highest BCUT2D eigenvalue weighted by Crippen LogP contribution is 2.25. The third-order valence-corrected chi connectivity index (χ3v) is 4.74. The molecule has 138 valence electrons. The Labute approximate surface area is 155 Å². The van der Waals surface area contributed by atoms with Crippen LogP contribution in [0.5, 0.6) is 5.75 Å². The van der Waals surface area contributed by atoms with Crippen LogP contribution in [0, 0.1) is 6.92 Å². The summed E-state index contributed by atoms with van der Waals surface area (Å²) in [6.45, 7) is 5.11. The van der Waals surface area contributed by atoms with E-state index in [0.717, 1.165) is 30.4 Å². The van der Waals surface area contributed by atoms with E-state index in [1.165, 1.54) is 11.1 Å². The average molecular weight is 353 g/mol. The number of nitrogens with zero attached hydrogens (tertiary/aromatic N) is 2. The molecule has 0 bridgehead atoms. The van der Waals surface area contributed by atoms with E-state index in [9.17, 15) is 0 Å². The highest BCUT2D eigenvalue weighted by molar-refractivity contribution is 5.80. The third-order valence-electron chi connectivity index (χ3n) is 4.74. The average Bonchev–Trinajstić information content (AvgIpc) is 2.69. The molecule has 2 aromatic rings. The second-order valence-electron chi connectivity index (χ2n) is 6.37. The summed E-state index contributed by atoms with van der Waals surface area (Å²) in [6, 6.07) is 16.4. The second kappa shape index (κ2) is 8.72. The number of ether oxygens (including phenoxy) is 2. The Morgan fingerprint density at radius 1 is 1.23 bits per heavy atom. The number of benzene rings is 2. The molecule has 5 nitrogen and oxygen atoms in total. The predicted molar refractivity (Wildman–Crippen MR) is 105 cm³/mol. The van der Waals surface area contributed by atoms with E-state index in [2.05, 4.69) is 52.5 Å². The van der Waals surface area contributed by atoms with Gasteiger partial charge in [0.1, 0.15) is 11.9 Å². The number of hydrogen-bond acceptors (Lipinski definition) is 3. The quantitative estimate of drug-likeness (QED) is 0.677. The van der Waals surface area contributed by atoms with Crippen molar-refractivity contribution in [1.82, 2.24) is 10.2 Å². The number of nitrogens with one attached hydrogen (secondary N) is 1. The number of para-hydroxylation sites is 1. The molecular formula is C21H27N3O2. The van der Waals surface area contributed by atoms with Crippen LogP contribution in [-0.4, -0.2) is 44.7 Å². The molecule has 0 radical (unpaired) electrons. The minimum atomic E-state index is 0.0646.